The number of carbonyl (C=O) groups excluding carboxylic acids is 2. The maximum atomic E-state index is 12.4. The molecule has 0 spiro atoms. The number of hydrogen-bond acceptors (Lipinski definition) is 2. The predicted molar refractivity (Wildman–Crippen MR) is 84.6 cm³/mol. The van der Waals surface area contributed by atoms with Crippen LogP contribution >= 0.6 is 23.2 Å². The molecular formula is C15H18Cl2N2O2. The van der Waals surface area contributed by atoms with Crippen molar-refractivity contribution in [1.29, 1.82) is 0 Å². The van der Waals surface area contributed by atoms with Gasteiger partial charge in [-0.05, 0) is 30.9 Å². The van der Waals surface area contributed by atoms with Gasteiger partial charge in [-0.1, -0.05) is 43.1 Å². The van der Waals surface area contributed by atoms with Crippen molar-refractivity contribution in [1.82, 2.24) is 5.32 Å². The van der Waals surface area contributed by atoms with E-state index in [9.17, 15) is 9.59 Å². The molecule has 0 aliphatic heterocycles. The van der Waals surface area contributed by atoms with Crippen molar-refractivity contribution in [2.75, 3.05) is 11.9 Å². The van der Waals surface area contributed by atoms with Crippen LogP contribution in [-0.2, 0) is 9.59 Å². The molecule has 6 heteroatoms. The van der Waals surface area contributed by atoms with E-state index in [1.165, 1.54) is 0 Å². The van der Waals surface area contributed by atoms with Crippen LogP contribution in [0.5, 0.6) is 0 Å². The molecule has 4 nitrogen and oxygen atoms in total. The second-order valence-corrected chi connectivity index (χ2v) is 6.55. The first-order valence-electron chi connectivity index (χ1n) is 6.90. The largest absolute Gasteiger partial charge is 0.355 e. The van der Waals surface area contributed by atoms with E-state index in [1.807, 2.05) is 13.8 Å². The topological polar surface area (TPSA) is 58.2 Å². The molecule has 21 heavy (non-hydrogen) atoms. The van der Waals surface area contributed by atoms with Crippen LogP contribution in [0.25, 0.3) is 0 Å². The zero-order valence-electron chi connectivity index (χ0n) is 12.0. The molecule has 1 aliphatic carbocycles. The van der Waals surface area contributed by atoms with Crippen LogP contribution in [0.15, 0.2) is 18.2 Å². The van der Waals surface area contributed by atoms with Crippen molar-refractivity contribution < 1.29 is 9.59 Å². The molecule has 0 heterocycles. The minimum absolute atomic E-state index is 0.225. The summed E-state index contributed by atoms with van der Waals surface area (Å²) in [6, 6.07) is 4.98. The number of anilines is 1. The number of halogens is 2. The van der Waals surface area contributed by atoms with Crippen LogP contribution in [0.4, 0.5) is 5.69 Å². The number of hydrogen-bond donors (Lipinski definition) is 2. The monoisotopic (exact) mass is 328 g/mol. The molecule has 2 rings (SSSR count). The average Bonchev–Trinajstić information content (AvgIpc) is 3.21. The minimum Gasteiger partial charge on any atom is -0.355 e. The first-order chi connectivity index (χ1) is 9.86. The zero-order chi connectivity index (χ0) is 15.6. The Balaban J connectivity index is 2.08. The lowest BCUT2D eigenvalue weighted by Gasteiger charge is -2.17. The quantitative estimate of drug-likeness (QED) is 0.813. The van der Waals surface area contributed by atoms with Crippen LogP contribution in [0, 0.1) is 11.3 Å². The molecular weight excluding hydrogens is 311 g/mol. The Kier molecular flexibility index (Phi) is 4.79. The number of amides is 2. The lowest BCUT2D eigenvalue weighted by atomic mass is 10.0. The van der Waals surface area contributed by atoms with E-state index < -0.39 is 5.41 Å². The molecule has 114 valence electrons. The molecule has 1 fully saturated rings. The van der Waals surface area contributed by atoms with Gasteiger partial charge in [-0.3, -0.25) is 9.59 Å². The van der Waals surface area contributed by atoms with Crippen molar-refractivity contribution in [2.24, 2.45) is 11.3 Å². The molecule has 0 aromatic heterocycles. The van der Waals surface area contributed by atoms with E-state index in [0.29, 0.717) is 41.0 Å². The maximum absolute atomic E-state index is 12.4. The molecule has 1 aromatic carbocycles. The third-order valence-electron chi connectivity index (χ3n) is 3.49. The van der Waals surface area contributed by atoms with Gasteiger partial charge in [0.1, 0.15) is 5.41 Å². The molecule has 2 amide bonds. The minimum atomic E-state index is -0.975. The van der Waals surface area contributed by atoms with E-state index in [-0.39, 0.29) is 11.8 Å². The van der Waals surface area contributed by atoms with E-state index >= 15 is 0 Å². The second-order valence-electron chi connectivity index (χ2n) is 5.74. The van der Waals surface area contributed by atoms with Gasteiger partial charge in [-0.2, -0.15) is 0 Å². The molecule has 0 unspecified atom stereocenters. The van der Waals surface area contributed by atoms with Crippen LogP contribution in [-0.4, -0.2) is 18.4 Å². The Hall–Kier alpha value is -1.26. The molecule has 1 saturated carbocycles. The Morgan fingerprint density at radius 3 is 2.24 bits per heavy atom. The second kappa shape index (κ2) is 6.24. The zero-order valence-corrected chi connectivity index (χ0v) is 13.5. The average molecular weight is 329 g/mol. The third-order valence-corrected chi connectivity index (χ3v) is 4.12. The Bertz CT molecular complexity index is 549. The van der Waals surface area contributed by atoms with Crippen molar-refractivity contribution in [2.45, 2.75) is 26.7 Å². The van der Waals surface area contributed by atoms with E-state index in [2.05, 4.69) is 10.6 Å². The maximum Gasteiger partial charge on any atom is 0.240 e. The highest BCUT2D eigenvalue weighted by molar-refractivity contribution is 6.40. The first kappa shape index (κ1) is 16.1. The number of nitrogens with one attached hydrogen (secondary N) is 2. The Morgan fingerprint density at radius 2 is 1.76 bits per heavy atom. The summed E-state index contributed by atoms with van der Waals surface area (Å²) in [5.41, 5.74) is -0.619. The van der Waals surface area contributed by atoms with Gasteiger partial charge in [0.15, 0.2) is 0 Å². The number of carbonyl (C=O) groups is 2. The summed E-state index contributed by atoms with van der Waals surface area (Å²) in [6.07, 6.45) is 1.09. The van der Waals surface area contributed by atoms with Crippen molar-refractivity contribution >= 4 is 40.7 Å². The summed E-state index contributed by atoms with van der Waals surface area (Å²) >= 11 is 12.1. The molecule has 0 saturated heterocycles. The lowest BCUT2D eigenvalue weighted by Crippen LogP contribution is -2.41. The highest BCUT2D eigenvalue weighted by Crippen LogP contribution is 2.47. The van der Waals surface area contributed by atoms with Gasteiger partial charge >= 0.3 is 0 Å². The standard InChI is InChI=1S/C15H18Cl2N2O2/c1-9(2)8-18-13(20)15(6-7-15)14(21)19-12-10(16)4-3-5-11(12)17/h3-5,9H,6-8H2,1-2H3,(H,18,20)(H,19,21). The Labute approximate surface area is 134 Å². The molecule has 0 atom stereocenters. The van der Waals surface area contributed by atoms with E-state index in [1.54, 1.807) is 18.2 Å². The van der Waals surface area contributed by atoms with Gasteiger partial charge in [-0.15, -0.1) is 0 Å². The summed E-state index contributed by atoms with van der Waals surface area (Å²) in [7, 11) is 0. The molecule has 0 bridgehead atoms. The fraction of sp³-hybridized carbons (Fsp3) is 0.467. The molecule has 1 aromatic rings. The first-order valence-corrected chi connectivity index (χ1v) is 7.66. The normalized spacial score (nSPS) is 15.7. The van der Waals surface area contributed by atoms with Crippen LogP contribution < -0.4 is 10.6 Å². The summed E-state index contributed by atoms with van der Waals surface area (Å²) < 4.78 is 0. The Morgan fingerprint density at radius 1 is 1.19 bits per heavy atom. The number of para-hydroxylation sites is 1. The van der Waals surface area contributed by atoms with Crippen molar-refractivity contribution in [3.05, 3.63) is 28.2 Å². The molecule has 2 N–H and O–H groups in total. The van der Waals surface area contributed by atoms with Crippen molar-refractivity contribution in [3.63, 3.8) is 0 Å². The summed E-state index contributed by atoms with van der Waals surface area (Å²) in [5, 5.41) is 6.21. The van der Waals surface area contributed by atoms with Gasteiger partial charge in [0, 0.05) is 6.54 Å². The summed E-state index contributed by atoms with van der Waals surface area (Å²) in [5.74, 6) is -0.235. The van der Waals surface area contributed by atoms with Crippen LogP contribution in [0.1, 0.15) is 26.7 Å². The van der Waals surface area contributed by atoms with Crippen LogP contribution in [0.3, 0.4) is 0 Å². The lowest BCUT2D eigenvalue weighted by molar-refractivity contribution is -0.134. The highest BCUT2D eigenvalue weighted by Gasteiger charge is 2.56. The smallest absolute Gasteiger partial charge is 0.240 e. The summed E-state index contributed by atoms with van der Waals surface area (Å²) in [6.45, 7) is 4.56. The van der Waals surface area contributed by atoms with Gasteiger partial charge in [-0.25, -0.2) is 0 Å². The molecule has 1 aliphatic rings. The van der Waals surface area contributed by atoms with Crippen LogP contribution in [0.2, 0.25) is 10.0 Å². The van der Waals surface area contributed by atoms with Gasteiger partial charge in [0.05, 0.1) is 15.7 Å². The number of benzene rings is 1. The fourth-order valence-electron chi connectivity index (χ4n) is 2.00. The predicted octanol–water partition coefficient (Wildman–Crippen LogP) is 3.48. The SMILES string of the molecule is CC(C)CNC(=O)C1(C(=O)Nc2c(Cl)cccc2Cl)CC1. The highest BCUT2D eigenvalue weighted by atomic mass is 35.5. The van der Waals surface area contributed by atoms with Gasteiger partial charge < -0.3 is 10.6 Å². The van der Waals surface area contributed by atoms with E-state index in [0.717, 1.165) is 0 Å². The summed E-state index contributed by atoms with van der Waals surface area (Å²) in [4.78, 5) is 24.6. The van der Waals surface area contributed by atoms with Gasteiger partial charge in [0.2, 0.25) is 11.8 Å². The van der Waals surface area contributed by atoms with Gasteiger partial charge in [0.25, 0.3) is 0 Å². The fourth-order valence-corrected chi connectivity index (χ4v) is 2.49. The third kappa shape index (κ3) is 3.50. The van der Waals surface area contributed by atoms with E-state index in [4.69, 9.17) is 23.2 Å². The molecule has 0 radical (unpaired) electrons. The van der Waals surface area contributed by atoms with Crippen molar-refractivity contribution in [3.8, 4) is 0 Å². The number of rotatable bonds is 5.